The normalized spacial score (nSPS) is 14.3. The molecular weight excluding hydrogens is 744 g/mol. The molecule has 58 heavy (non-hydrogen) atoms. The van der Waals surface area contributed by atoms with Gasteiger partial charge < -0.3 is 28.8 Å². The number of carbonyl (C=O) groups excluding carboxylic acids is 1. The molecule has 346 valence electrons. The van der Waals surface area contributed by atoms with Gasteiger partial charge in [0.05, 0.1) is 39.9 Å². The predicted molar refractivity (Wildman–Crippen MR) is 247 cm³/mol. The summed E-state index contributed by atoms with van der Waals surface area (Å²) in [6, 6.07) is -0.796. The second-order valence-electron chi connectivity index (χ2n) is 18.5. The molecule has 1 amide bonds. The van der Waals surface area contributed by atoms with Crippen LogP contribution in [0.2, 0.25) is 0 Å². The van der Waals surface area contributed by atoms with Gasteiger partial charge in [-0.25, -0.2) is 0 Å². The third-order valence-electron chi connectivity index (χ3n) is 11.5. The number of phosphoric ester groups is 1. The minimum atomic E-state index is -4.56. The molecule has 2 N–H and O–H groups in total. The van der Waals surface area contributed by atoms with Gasteiger partial charge in [0.1, 0.15) is 13.2 Å². The highest BCUT2D eigenvalue weighted by Crippen LogP contribution is 2.38. The first kappa shape index (κ1) is 57.2. The molecule has 9 heteroatoms. The molecule has 0 saturated heterocycles. The summed E-state index contributed by atoms with van der Waals surface area (Å²) < 4.78 is 23.3. The number of aliphatic hydroxyl groups is 1. The molecule has 0 rings (SSSR count). The van der Waals surface area contributed by atoms with Crippen LogP contribution in [-0.4, -0.2) is 68.5 Å². The van der Waals surface area contributed by atoms with Crippen LogP contribution in [0.15, 0.2) is 12.2 Å². The molecule has 0 fully saturated rings. The van der Waals surface area contributed by atoms with E-state index in [1.54, 1.807) is 0 Å². The summed E-state index contributed by atoms with van der Waals surface area (Å²) in [7, 11) is 1.31. The van der Waals surface area contributed by atoms with Crippen LogP contribution in [0.5, 0.6) is 0 Å². The summed E-state index contributed by atoms with van der Waals surface area (Å²) >= 11 is 0. The molecule has 8 nitrogen and oxygen atoms in total. The van der Waals surface area contributed by atoms with Gasteiger partial charge in [0.15, 0.2) is 0 Å². The number of nitrogens with zero attached hydrogens (tertiary/aromatic N) is 1. The number of hydrogen-bond donors (Lipinski definition) is 2. The largest absolute Gasteiger partial charge is 0.756 e. The number of aliphatic hydroxyl groups excluding tert-OH is 1. The van der Waals surface area contributed by atoms with Gasteiger partial charge in [0, 0.05) is 6.42 Å². The monoisotopic (exact) mass is 843 g/mol. The Morgan fingerprint density at radius 3 is 1.34 bits per heavy atom. The fourth-order valence-electron chi connectivity index (χ4n) is 7.51. The number of rotatable bonds is 46. The van der Waals surface area contributed by atoms with E-state index in [9.17, 15) is 19.4 Å². The number of amides is 1. The highest BCUT2D eigenvalue weighted by molar-refractivity contribution is 7.45. The molecule has 0 saturated carbocycles. The lowest BCUT2D eigenvalue weighted by Crippen LogP contribution is -2.46. The zero-order valence-corrected chi connectivity index (χ0v) is 40.2. The van der Waals surface area contributed by atoms with E-state index in [0.717, 1.165) is 38.5 Å². The van der Waals surface area contributed by atoms with Gasteiger partial charge in [-0.1, -0.05) is 212 Å². The van der Waals surface area contributed by atoms with E-state index in [1.807, 2.05) is 21.1 Å². The van der Waals surface area contributed by atoms with E-state index in [0.29, 0.717) is 23.9 Å². The van der Waals surface area contributed by atoms with Gasteiger partial charge in [-0.3, -0.25) is 9.36 Å². The molecule has 0 aliphatic rings. The van der Waals surface area contributed by atoms with Crippen molar-refractivity contribution in [3.05, 3.63) is 12.2 Å². The number of nitrogens with one attached hydrogen (secondary N) is 1. The van der Waals surface area contributed by atoms with Crippen molar-refractivity contribution in [2.24, 2.45) is 0 Å². The Balaban J connectivity index is 4.08. The van der Waals surface area contributed by atoms with Crippen LogP contribution in [0.4, 0.5) is 0 Å². The summed E-state index contributed by atoms with van der Waals surface area (Å²) in [6.45, 7) is 4.72. The second-order valence-corrected chi connectivity index (χ2v) is 19.9. The highest BCUT2D eigenvalue weighted by Gasteiger charge is 2.24. The Morgan fingerprint density at radius 1 is 0.586 bits per heavy atom. The van der Waals surface area contributed by atoms with E-state index in [-0.39, 0.29) is 19.1 Å². The summed E-state index contributed by atoms with van der Waals surface area (Å²) in [4.78, 5) is 25.3. The Labute approximate surface area is 361 Å². The van der Waals surface area contributed by atoms with Crippen LogP contribution in [0.25, 0.3) is 0 Å². The van der Waals surface area contributed by atoms with Crippen molar-refractivity contribution in [3.8, 4) is 0 Å². The standard InChI is InChI=1S/C49H99N2O6P/c1-6-8-10-12-14-16-18-19-20-21-22-23-24-25-26-27-28-29-30-31-32-33-35-37-39-41-43-49(53)50-47(46-57-58(54,55)56-45-44-51(3,4)5)48(52)42-40-38-36-34-17-15-13-11-9-7-2/h25-26,47-48,52H,6-24,27-46H2,1-5H3,(H-,50,53,54,55)/b26-25-. The van der Waals surface area contributed by atoms with Crippen LogP contribution in [0.1, 0.15) is 245 Å². The van der Waals surface area contributed by atoms with Crippen molar-refractivity contribution in [1.82, 2.24) is 5.32 Å². The minimum absolute atomic E-state index is 0.0138. The molecule has 0 spiro atoms. The lowest BCUT2D eigenvalue weighted by molar-refractivity contribution is -0.870. The van der Waals surface area contributed by atoms with Gasteiger partial charge in [0.25, 0.3) is 7.82 Å². The van der Waals surface area contributed by atoms with E-state index in [4.69, 9.17) is 9.05 Å². The molecule has 0 aliphatic carbocycles. The van der Waals surface area contributed by atoms with Crippen LogP contribution in [-0.2, 0) is 18.4 Å². The lowest BCUT2D eigenvalue weighted by Gasteiger charge is -2.30. The minimum Gasteiger partial charge on any atom is -0.756 e. The molecule has 0 aliphatic heterocycles. The van der Waals surface area contributed by atoms with Gasteiger partial charge in [-0.2, -0.15) is 0 Å². The molecule has 0 bridgehead atoms. The maximum absolute atomic E-state index is 12.9. The number of likely N-dealkylation sites (N-methyl/N-ethyl adjacent to an activating group) is 1. The molecule has 0 aromatic heterocycles. The zero-order chi connectivity index (χ0) is 42.8. The number of carbonyl (C=O) groups is 1. The van der Waals surface area contributed by atoms with Crippen molar-refractivity contribution in [2.75, 3.05) is 40.9 Å². The lowest BCUT2D eigenvalue weighted by atomic mass is 10.0. The predicted octanol–water partition coefficient (Wildman–Crippen LogP) is 13.7. The van der Waals surface area contributed by atoms with Crippen molar-refractivity contribution in [1.29, 1.82) is 0 Å². The first-order chi connectivity index (χ1) is 28.0. The van der Waals surface area contributed by atoms with Crippen LogP contribution in [0, 0.1) is 0 Å². The smallest absolute Gasteiger partial charge is 0.268 e. The van der Waals surface area contributed by atoms with Crippen LogP contribution >= 0.6 is 7.82 Å². The summed E-state index contributed by atoms with van der Waals surface area (Å²) in [5, 5.41) is 13.9. The number of allylic oxidation sites excluding steroid dienone is 2. The Bertz CT molecular complexity index is 958. The molecule has 3 atom stereocenters. The number of phosphoric acid groups is 1. The summed E-state index contributed by atoms with van der Waals surface area (Å²) in [5.41, 5.74) is 0. The van der Waals surface area contributed by atoms with E-state index < -0.39 is 20.0 Å². The fraction of sp³-hybridized carbons (Fsp3) is 0.939. The quantitative estimate of drug-likeness (QED) is 0.0273. The van der Waals surface area contributed by atoms with Gasteiger partial charge in [-0.05, 0) is 38.5 Å². The summed E-state index contributed by atoms with van der Waals surface area (Å²) in [6.07, 6.45) is 48.1. The zero-order valence-electron chi connectivity index (χ0n) is 39.3. The van der Waals surface area contributed by atoms with Crippen LogP contribution in [0.3, 0.4) is 0 Å². The average molecular weight is 843 g/mol. The molecule has 0 heterocycles. The number of quaternary nitrogens is 1. The van der Waals surface area contributed by atoms with E-state index in [2.05, 4.69) is 31.3 Å². The first-order valence-corrected chi connectivity index (χ1v) is 26.5. The van der Waals surface area contributed by atoms with Crippen molar-refractivity contribution < 1.29 is 32.9 Å². The van der Waals surface area contributed by atoms with Gasteiger partial charge in [-0.15, -0.1) is 0 Å². The average Bonchev–Trinajstić information content (AvgIpc) is 3.17. The SMILES string of the molecule is CCCCCCCCCCCCCC/C=C\CCCCCCCCCCCCC(=O)NC(COP(=O)([O-])OCC[N+](C)(C)C)C(O)CCCCCCCCCCCC. The highest BCUT2D eigenvalue weighted by atomic mass is 31.2. The maximum Gasteiger partial charge on any atom is 0.268 e. The number of hydrogen-bond acceptors (Lipinski definition) is 6. The van der Waals surface area contributed by atoms with Crippen molar-refractivity contribution >= 4 is 13.7 Å². The Kier molecular flexibility index (Phi) is 41.0. The van der Waals surface area contributed by atoms with Crippen LogP contribution < -0.4 is 10.2 Å². The topological polar surface area (TPSA) is 108 Å². The second kappa shape index (κ2) is 41.6. The molecule has 0 aromatic carbocycles. The van der Waals surface area contributed by atoms with E-state index >= 15 is 0 Å². The molecule has 3 unspecified atom stereocenters. The van der Waals surface area contributed by atoms with Gasteiger partial charge >= 0.3 is 0 Å². The van der Waals surface area contributed by atoms with E-state index in [1.165, 1.54) is 180 Å². The maximum atomic E-state index is 12.9. The van der Waals surface area contributed by atoms with Crippen molar-refractivity contribution in [3.63, 3.8) is 0 Å². The molecule has 0 aromatic rings. The van der Waals surface area contributed by atoms with Crippen molar-refractivity contribution in [2.45, 2.75) is 257 Å². The third-order valence-corrected chi connectivity index (χ3v) is 12.5. The van der Waals surface area contributed by atoms with Gasteiger partial charge in [0.2, 0.25) is 5.91 Å². The number of unbranched alkanes of at least 4 members (excludes halogenated alkanes) is 31. The Hall–Kier alpha value is -0.760. The first-order valence-electron chi connectivity index (χ1n) is 25.0. The molecular formula is C49H99N2O6P. The Morgan fingerprint density at radius 2 is 0.948 bits per heavy atom. The molecule has 0 radical (unpaired) electrons. The fourth-order valence-corrected chi connectivity index (χ4v) is 8.23. The third kappa shape index (κ3) is 43.3. The summed E-state index contributed by atoms with van der Waals surface area (Å²) in [5.74, 6) is -0.165.